The number of anilines is 1. The summed E-state index contributed by atoms with van der Waals surface area (Å²) in [5.41, 5.74) is -0.941. The molecule has 1 amide bonds. The minimum atomic E-state index is -4.38. The van der Waals surface area contributed by atoms with E-state index in [4.69, 9.17) is 4.74 Å². The maximum Gasteiger partial charge on any atom is 0.416 e. The zero-order valence-electron chi connectivity index (χ0n) is 21.0. The molecule has 9 heteroatoms. The summed E-state index contributed by atoms with van der Waals surface area (Å²) in [4.78, 5) is 22.4. The van der Waals surface area contributed by atoms with Crippen LogP contribution in [-0.4, -0.2) is 66.3 Å². The van der Waals surface area contributed by atoms with Crippen LogP contribution in [0.2, 0.25) is 0 Å². The molecule has 36 heavy (non-hydrogen) atoms. The second-order valence-electron chi connectivity index (χ2n) is 11.7. The first-order valence-electron chi connectivity index (χ1n) is 13.7. The van der Waals surface area contributed by atoms with Crippen LogP contribution in [-0.2, 0) is 15.7 Å². The third-order valence-electron chi connectivity index (χ3n) is 9.88. The number of halogens is 3. The Morgan fingerprint density at radius 1 is 1.25 bits per heavy atom. The summed E-state index contributed by atoms with van der Waals surface area (Å²) >= 11 is 0. The van der Waals surface area contributed by atoms with Crippen molar-refractivity contribution in [1.82, 2.24) is 15.2 Å². The number of ether oxygens (including phenoxy) is 1. The van der Waals surface area contributed by atoms with Crippen molar-refractivity contribution in [2.75, 3.05) is 31.2 Å². The summed E-state index contributed by atoms with van der Waals surface area (Å²) in [5, 5.41) is 3.94. The molecule has 2 bridgehead atoms. The highest BCUT2D eigenvalue weighted by molar-refractivity contribution is 5.85. The molecule has 4 heterocycles. The third-order valence-corrected chi connectivity index (χ3v) is 9.88. The van der Waals surface area contributed by atoms with Crippen molar-refractivity contribution >= 4 is 11.7 Å². The number of likely N-dealkylation sites (tertiary alicyclic amines) is 1. The topological polar surface area (TPSA) is 57.7 Å². The van der Waals surface area contributed by atoms with Crippen LogP contribution in [0, 0.1) is 17.3 Å². The highest BCUT2D eigenvalue weighted by Crippen LogP contribution is 2.56. The second-order valence-corrected chi connectivity index (χ2v) is 11.7. The van der Waals surface area contributed by atoms with Gasteiger partial charge in [-0.05, 0) is 68.9 Å². The molecule has 2 saturated carbocycles. The van der Waals surface area contributed by atoms with Gasteiger partial charge in [-0.25, -0.2) is 4.98 Å². The zero-order valence-corrected chi connectivity index (χ0v) is 21.0. The van der Waals surface area contributed by atoms with E-state index in [0.717, 1.165) is 76.7 Å². The van der Waals surface area contributed by atoms with Gasteiger partial charge < -0.3 is 19.9 Å². The van der Waals surface area contributed by atoms with E-state index in [-0.39, 0.29) is 17.5 Å². The molecule has 1 N–H and O–H groups in total. The Hall–Kier alpha value is -1.87. The number of hydrogen-bond acceptors (Lipinski definition) is 5. The summed E-state index contributed by atoms with van der Waals surface area (Å²) in [5.74, 6) is 1.64. The first-order valence-corrected chi connectivity index (χ1v) is 13.7. The Balaban J connectivity index is 1.13. The van der Waals surface area contributed by atoms with Gasteiger partial charge >= 0.3 is 6.18 Å². The minimum Gasteiger partial charge on any atom is -0.381 e. The summed E-state index contributed by atoms with van der Waals surface area (Å²) in [6.07, 6.45) is 4.99. The average Bonchev–Trinajstić information content (AvgIpc) is 3.63. The molecule has 0 radical (unpaired) electrons. The Morgan fingerprint density at radius 2 is 2.11 bits per heavy atom. The van der Waals surface area contributed by atoms with Crippen molar-refractivity contribution < 1.29 is 22.7 Å². The summed E-state index contributed by atoms with van der Waals surface area (Å²) in [6, 6.07) is 3.10. The van der Waals surface area contributed by atoms with E-state index in [0.29, 0.717) is 48.7 Å². The molecule has 7 atom stereocenters. The van der Waals surface area contributed by atoms with Gasteiger partial charge in [-0.3, -0.25) is 4.79 Å². The Morgan fingerprint density at radius 3 is 2.86 bits per heavy atom. The number of pyridine rings is 1. The van der Waals surface area contributed by atoms with Crippen molar-refractivity contribution in [1.29, 1.82) is 0 Å². The number of hydrogen-bond donors (Lipinski definition) is 1. The number of piperazine rings is 1. The number of carbonyl (C=O) groups is 1. The van der Waals surface area contributed by atoms with E-state index >= 15 is 0 Å². The lowest BCUT2D eigenvalue weighted by molar-refractivity contribution is -0.144. The van der Waals surface area contributed by atoms with Crippen LogP contribution >= 0.6 is 0 Å². The van der Waals surface area contributed by atoms with Gasteiger partial charge in [0.05, 0.1) is 29.7 Å². The highest BCUT2D eigenvalue weighted by Gasteiger charge is 2.59. The fourth-order valence-corrected chi connectivity index (χ4v) is 8.07. The van der Waals surface area contributed by atoms with Crippen LogP contribution in [0.5, 0.6) is 0 Å². The lowest BCUT2D eigenvalue weighted by atomic mass is 9.78. The van der Waals surface area contributed by atoms with E-state index in [1.54, 1.807) is 0 Å². The number of nitrogens with zero attached hydrogens (tertiary/aromatic N) is 3. The van der Waals surface area contributed by atoms with E-state index in [2.05, 4.69) is 22.1 Å². The maximum atomic E-state index is 14.1. The largest absolute Gasteiger partial charge is 0.416 e. The van der Waals surface area contributed by atoms with Gasteiger partial charge in [0.15, 0.2) is 0 Å². The van der Waals surface area contributed by atoms with Crippen molar-refractivity contribution in [3.05, 3.63) is 23.9 Å². The molecule has 0 unspecified atom stereocenters. The molecule has 6 rings (SSSR count). The molecule has 3 aliphatic heterocycles. The van der Waals surface area contributed by atoms with Gasteiger partial charge in [0.1, 0.15) is 5.82 Å². The molecule has 1 aromatic heterocycles. The molecule has 0 aromatic carbocycles. The van der Waals surface area contributed by atoms with Crippen molar-refractivity contribution in [3.8, 4) is 0 Å². The van der Waals surface area contributed by atoms with E-state index in [1.807, 2.05) is 4.90 Å². The lowest BCUT2D eigenvalue weighted by Gasteiger charge is -2.40. The third kappa shape index (κ3) is 4.10. The van der Waals surface area contributed by atoms with Gasteiger partial charge in [0.2, 0.25) is 5.91 Å². The van der Waals surface area contributed by atoms with Gasteiger partial charge in [0.25, 0.3) is 0 Å². The van der Waals surface area contributed by atoms with Gasteiger partial charge in [-0.1, -0.05) is 13.3 Å². The first kappa shape index (κ1) is 24.5. The lowest BCUT2D eigenvalue weighted by Crippen LogP contribution is -2.54. The second kappa shape index (κ2) is 9.15. The molecule has 0 spiro atoms. The number of alkyl halides is 3. The zero-order chi connectivity index (χ0) is 25.1. The number of amides is 1. The minimum absolute atomic E-state index is 0.0362. The van der Waals surface area contributed by atoms with Crippen molar-refractivity contribution in [3.63, 3.8) is 0 Å². The van der Waals surface area contributed by atoms with Crippen molar-refractivity contribution in [2.45, 2.75) is 88.6 Å². The normalized spacial score (nSPS) is 38.1. The molecule has 6 nitrogen and oxygen atoms in total. The number of fused-ring (bicyclic) bond motifs is 3. The summed E-state index contributed by atoms with van der Waals surface area (Å²) in [7, 11) is 0. The molecular weight excluding hydrogens is 469 g/mol. The molecule has 198 valence electrons. The molecule has 5 aliphatic rings. The van der Waals surface area contributed by atoms with Gasteiger partial charge in [-0.2, -0.15) is 13.2 Å². The quantitative estimate of drug-likeness (QED) is 0.648. The molecule has 5 fully saturated rings. The summed E-state index contributed by atoms with van der Waals surface area (Å²) < 4.78 is 45.3. The smallest absolute Gasteiger partial charge is 0.381 e. The Kier molecular flexibility index (Phi) is 6.22. The van der Waals surface area contributed by atoms with E-state index < -0.39 is 11.7 Å². The highest BCUT2D eigenvalue weighted by atomic mass is 19.4. The number of nitrogens with one attached hydrogen (secondary N) is 1. The standard InChI is InChI=1S/C27H37F3N4O2/c1-2-17-16-36-9-6-23(17)32-20-10-18-4-3-7-26(18,13-20)25(35)34-15-21-12-22(34)14-33(21)24-11-19(5-8-31-24)27(28,29)30/h5,8,11,17-18,20-23,32H,2-4,6-7,9-10,12-16H2,1H3/t17-,18-,20-,21-,22+,23-,26-/m1/s1. The van der Waals surface area contributed by atoms with Crippen LogP contribution in [0.4, 0.5) is 19.0 Å². The predicted molar refractivity (Wildman–Crippen MR) is 129 cm³/mol. The van der Waals surface area contributed by atoms with Crippen LogP contribution in [0.1, 0.15) is 63.9 Å². The Bertz CT molecular complexity index is 990. The van der Waals surface area contributed by atoms with E-state index in [9.17, 15) is 18.0 Å². The van der Waals surface area contributed by atoms with Gasteiger partial charge in [0, 0.05) is 38.0 Å². The van der Waals surface area contributed by atoms with Crippen LogP contribution < -0.4 is 10.2 Å². The molecular formula is C27H37F3N4O2. The maximum absolute atomic E-state index is 14.1. The fourth-order valence-electron chi connectivity index (χ4n) is 8.07. The molecule has 2 aliphatic carbocycles. The van der Waals surface area contributed by atoms with Crippen LogP contribution in [0.15, 0.2) is 18.3 Å². The monoisotopic (exact) mass is 506 g/mol. The average molecular weight is 507 g/mol. The molecule has 1 aromatic rings. The Labute approximate surface area is 210 Å². The fraction of sp³-hybridized carbons (Fsp3) is 0.778. The van der Waals surface area contributed by atoms with Crippen molar-refractivity contribution in [2.24, 2.45) is 17.3 Å². The SMILES string of the molecule is CC[C@@H]1COCC[C@H]1N[C@@H]1C[C@H]2CCC[C@@]2(C(=O)N2C[C@H]3C[C@H]2CN3c2cc(C(F)(F)F)ccn2)C1. The number of carbonyl (C=O) groups excluding carboxylic acids is 1. The number of aromatic nitrogens is 1. The van der Waals surface area contributed by atoms with E-state index in [1.165, 1.54) is 6.20 Å². The van der Waals surface area contributed by atoms with Crippen LogP contribution in [0.25, 0.3) is 0 Å². The predicted octanol–water partition coefficient (Wildman–Crippen LogP) is 4.24. The molecule has 3 saturated heterocycles. The summed E-state index contributed by atoms with van der Waals surface area (Å²) in [6.45, 7) is 5.01. The number of rotatable bonds is 5. The first-order chi connectivity index (χ1) is 17.3. The van der Waals surface area contributed by atoms with Crippen LogP contribution in [0.3, 0.4) is 0 Å². The van der Waals surface area contributed by atoms with Gasteiger partial charge in [-0.15, -0.1) is 0 Å².